The number of amides is 2. The number of rotatable bonds is 4. The first kappa shape index (κ1) is 19.3. The second-order valence-corrected chi connectivity index (χ2v) is 8.06. The molecular weight excluding hydrogens is 339 g/mol. The minimum absolute atomic E-state index is 0. The molecule has 24 heavy (non-hydrogen) atoms. The van der Waals surface area contributed by atoms with Gasteiger partial charge in [0.1, 0.15) is 11.4 Å². The zero-order valence-corrected chi connectivity index (χ0v) is 16.6. The average molecular weight is 356 g/mol. The maximum atomic E-state index is 12.2. The van der Waals surface area contributed by atoms with Gasteiger partial charge in [-0.25, -0.2) is 0 Å². The van der Waals surface area contributed by atoms with E-state index in [1.54, 1.807) is 13.8 Å². The smallest absolute Gasteiger partial charge is 0.548 e. The molecule has 1 N–H and O–H groups in total. The number of fused-ring (bicyclic) bond motifs is 1. The zero-order chi connectivity index (χ0) is 16.8. The largest absolute Gasteiger partial charge is 1.00 e. The molecule has 1 aromatic rings. The number of carboxylic acids is 1. The fourth-order valence-corrected chi connectivity index (χ4v) is 4.75. The summed E-state index contributed by atoms with van der Waals surface area (Å²) in [6.07, 6.45) is 0.190. The molecule has 0 aromatic heterocycles. The molecule has 2 saturated heterocycles. The molecule has 2 aliphatic rings. The van der Waals surface area contributed by atoms with Crippen molar-refractivity contribution in [1.29, 1.82) is 0 Å². The number of hydrogen-bond donors (Lipinski definition) is 1. The summed E-state index contributed by atoms with van der Waals surface area (Å²) >= 11 is 1.38. The Morgan fingerprint density at radius 3 is 2.50 bits per heavy atom. The zero-order valence-electron chi connectivity index (χ0n) is 13.8. The Balaban J connectivity index is 0.00000208. The minimum Gasteiger partial charge on any atom is -0.548 e. The summed E-state index contributed by atoms with van der Waals surface area (Å²) in [4.78, 5) is 37.0. The molecule has 0 saturated carbocycles. The number of nitrogens with one attached hydrogen (secondary N) is 1. The summed E-state index contributed by atoms with van der Waals surface area (Å²) in [7, 11) is 0. The molecule has 8 heteroatoms. The molecule has 2 fully saturated rings. The van der Waals surface area contributed by atoms with Gasteiger partial charge in [0.2, 0.25) is 11.8 Å². The van der Waals surface area contributed by atoms with Gasteiger partial charge in [0, 0.05) is 4.75 Å². The van der Waals surface area contributed by atoms with Gasteiger partial charge in [-0.2, -0.15) is 0 Å². The Labute approximate surface area is 166 Å². The second-order valence-electron chi connectivity index (χ2n) is 6.29. The number of carboxylic acid groups (broad SMARTS) is 1. The number of benzene rings is 1. The molecule has 1 aromatic carbocycles. The summed E-state index contributed by atoms with van der Waals surface area (Å²) in [5.74, 6) is -1.86. The predicted molar refractivity (Wildman–Crippen MR) is 83.2 cm³/mol. The molecule has 6 nitrogen and oxygen atoms in total. The topological polar surface area (TPSA) is 89.5 Å². The van der Waals surface area contributed by atoms with E-state index in [-0.39, 0.29) is 53.2 Å². The van der Waals surface area contributed by atoms with Gasteiger partial charge in [-0.3, -0.25) is 9.59 Å². The summed E-state index contributed by atoms with van der Waals surface area (Å²) in [5, 5.41) is 13.7. The normalized spacial score (nSPS) is 26.8. The Morgan fingerprint density at radius 1 is 1.29 bits per heavy atom. The summed E-state index contributed by atoms with van der Waals surface area (Å²) in [6.45, 7) is 3.54. The molecule has 2 aliphatic heterocycles. The van der Waals surface area contributed by atoms with Crippen LogP contribution in [0.3, 0.4) is 0 Å². The summed E-state index contributed by atoms with van der Waals surface area (Å²) < 4.78 is -0.641. The van der Waals surface area contributed by atoms with Crippen LogP contribution >= 0.6 is 11.8 Å². The van der Waals surface area contributed by atoms with Crippen molar-refractivity contribution in [2.75, 3.05) is 0 Å². The van der Waals surface area contributed by atoms with Crippen molar-refractivity contribution in [1.82, 2.24) is 10.2 Å². The monoisotopic (exact) mass is 356 g/mol. The van der Waals surface area contributed by atoms with Crippen molar-refractivity contribution in [2.24, 2.45) is 0 Å². The average Bonchev–Trinajstić information content (AvgIpc) is 2.74. The molecule has 2 heterocycles. The van der Waals surface area contributed by atoms with Gasteiger partial charge >= 0.3 is 29.6 Å². The molecule has 3 rings (SSSR count). The summed E-state index contributed by atoms with van der Waals surface area (Å²) in [5.41, 5.74) is 0.862. The quantitative estimate of drug-likeness (QED) is 0.447. The molecule has 0 spiro atoms. The van der Waals surface area contributed by atoms with Crippen LogP contribution in [-0.4, -0.2) is 44.9 Å². The molecular formula is C16H17N2NaO4S. The number of carbonyl (C=O) groups excluding carboxylic acids is 3. The number of thioether (sulfide) groups is 1. The van der Waals surface area contributed by atoms with Gasteiger partial charge in [0.05, 0.1) is 18.4 Å². The number of hydrogen-bond acceptors (Lipinski definition) is 5. The first-order valence-electron chi connectivity index (χ1n) is 7.35. The molecule has 3 unspecified atom stereocenters. The molecule has 0 bridgehead atoms. The van der Waals surface area contributed by atoms with E-state index < -0.39 is 22.8 Å². The van der Waals surface area contributed by atoms with E-state index in [9.17, 15) is 19.5 Å². The van der Waals surface area contributed by atoms with Crippen molar-refractivity contribution < 1.29 is 49.0 Å². The van der Waals surface area contributed by atoms with E-state index in [2.05, 4.69) is 5.32 Å². The van der Waals surface area contributed by atoms with Crippen LogP contribution in [0, 0.1) is 0 Å². The first-order chi connectivity index (χ1) is 10.8. The predicted octanol–water partition coefficient (Wildman–Crippen LogP) is -3.47. The molecule has 122 valence electrons. The third kappa shape index (κ3) is 3.35. The van der Waals surface area contributed by atoms with E-state index >= 15 is 0 Å². The fraction of sp³-hybridized carbons (Fsp3) is 0.438. The van der Waals surface area contributed by atoms with Crippen LogP contribution in [0.5, 0.6) is 0 Å². The van der Waals surface area contributed by atoms with Crippen molar-refractivity contribution in [2.45, 2.75) is 42.5 Å². The van der Waals surface area contributed by atoms with Crippen LogP contribution in [0.15, 0.2) is 30.3 Å². The van der Waals surface area contributed by atoms with Crippen molar-refractivity contribution >= 4 is 29.5 Å². The van der Waals surface area contributed by atoms with Crippen LogP contribution in [0.1, 0.15) is 19.4 Å². The van der Waals surface area contributed by atoms with Gasteiger partial charge in [-0.15, -0.1) is 11.8 Å². The fourth-order valence-electron chi connectivity index (χ4n) is 3.13. The third-order valence-electron chi connectivity index (χ3n) is 4.19. The molecule has 0 radical (unpaired) electrons. The summed E-state index contributed by atoms with van der Waals surface area (Å²) in [6, 6.07) is 7.61. The van der Waals surface area contributed by atoms with Crippen molar-refractivity contribution in [3.05, 3.63) is 35.9 Å². The third-order valence-corrected chi connectivity index (χ3v) is 5.76. The van der Waals surface area contributed by atoms with Gasteiger partial charge < -0.3 is 20.1 Å². The minimum atomic E-state index is -1.26. The van der Waals surface area contributed by atoms with Gasteiger partial charge in [0.15, 0.2) is 0 Å². The van der Waals surface area contributed by atoms with Gasteiger partial charge in [0.25, 0.3) is 0 Å². The first-order valence-corrected chi connectivity index (χ1v) is 8.23. The van der Waals surface area contributed by atoms with Gasteiger partial charge in [-0.1, -0.05) is 30.3 Å². The maximum absolute atomic E-state index is 12.2. The van der Waals surface area contributed by atoms with Crippen LogP contribution in [-0.2, 0) is 20.8 Å². The van der Waals surface area contributed by atoms with Crippen molar-refractivity contribution in [3.63, 3.8) is 0 Å². The van der Waals surface area contributed by atoms with Crippen molar-refractivity contribution in [3.8, 4) is 0 Å². The van der Waals surface area contributed by atoms with E-state index in [4.69, 9.17) is 0 Å². The van der Waals surface area contributed by atoms with E-state index in [1.165, 1.54) is 16.7 Å². The second kappa shape index (κ2) is 7.07. The molecule has 3 atom stereocenters. The van der Waals surface area contributed by atoms with Gasteiger partial charge in [-0.05, 0) is 19.4 Å². The Kier molecular flexibility index (Phi) is 5.69. The van der Waals surface area contributed by atoms with E-state index in [0.717, 1.165) is 5.56 Å². The number of carbonyl (C=O) groups is 3. The molecule has 2 amide bonds. The van der Waals surface area contributed by atoms with E-state index in [1.807, 2.05) is 30.3 Å². The molecule has 0 aliphatic carbocycles. The number of aliphatic carboxylic acids is 1. The maximum Gasteiger partial charge on any atom is 1.00 e. The SMILES string of the molecule is CC1(C)SC2C(NC(=O)Cc3ccccc3)C(=O)N2C1C(=O)[O-].[Na+]. The van der Waals surface area contributed by atoms with Crippen LogP contribution < -0.4 is 40.0 Å². The Hall–Kier alpha value is -1.02. The Bertz CT molecular complexity index is 667. The number of nitrogens with zero attached hydrogens (tertiary/aromatic N) is 1. The van der Waals surface area contributed by atoms with Crippen LogP contribution in [0.25, 0.3) is 0 Å². The standard InChI is InChI=1S/C16H18N2O4S.Na/c1-16(2)12(15(21)22)18-13(20)11(14(18)23-16)17-10(19)8-9-6-4-3-5-7-9;/h3-7,11-12,14H,8H2,1-2H3,(H,17,19)(H,21,22);/q;+1/p-1. The number of β-lactam (4-membered cyclic amide) rings is 1. The van der Waals surface area contributed by atoms with Crippen LogP contribution in [0.4, 0.5) is 0 Å². The van der Waals surface area contributed by atoms with E-state index in [0.29, 0.717) is 0 Å². The Morgan fingerprint density at radius 2 is 1.92 bits per heavy atom. The van der Waals surface area contributed by atoms with Crippen LogP contribution in [0.2, 0.25) is 0 Å².